The lowest BCUT2D eigenvalue weighted by Gasteiger charge is -2.37. The van der Waals surface area contributed by atoms with Gasteiger partial charge in [0.15, 0.2) is 0 Å². The second-order valence-electron chi connectivity index (χ2n) is 5.88. The molecule has 0 fully saturated rings. The Morgan fingerprint density at radius 1 is 1.61 bits per heavy atom. The summed E-state index contributed by atoms with van der Waals surface area (Å²) < 4.78 is 19.9. The van der Waals surface area contributed by atoms with Crippen molar-refractivity contribution in [2.75, 3.05) is 6.61 Å². The van der Waals surface area contributed by atoms with Gasteiger partial charge in [-0.25, -0.2) is 9.18 Å². The first-order valence-corrected chi connectivity index (χ1v) is 7.58. The molecule has 5 nitrogen and oxygen atoms in total. The van der Waals surface area contributed by atoms with Crippen LogP contribution in [0.15, 0.2) is 12.1 Å². The molecule has 1 aromatic carbocycles. The molecule has 1 aromatic heterocycles. The fourth-order valence-corrected chi connectivity index (χ4v) is 3.44. The SMILES string of the molecule is CCC(C)[C@@]1(C(=O)O)OCCc2c1[nH]c1c(F)ccc(C#N)c21. The minimum Gasteiger partial charge on any atom is -0.479 e. The summed E-state index contributed by atoms with van der Waals surface area (Å²) in [5.41, 5.74) is 0.00507. The van der Waals surface area contributed by atoms with Crippen molar-refractivity contribution >= 4 is 16.9 Å². The normalized spacial score (nSPS) is 21.7. The Hall–Kier alpha value is -2.39. The third-order valence-electron chi connectivity index (χ3n) is 4.81. The van der Waals surface area contributed by atoms with Gasteiger partial charge in [-0.3, -0.25) is 0 Å². The third-order valence-corrected chi connectivity index (χ3v) is 4.81. The van der Waals surface area contributed by atoms with Crippen LogP contribution in [0.1, 0.15) is 37.1 Å². The average Bonchev–Trinajstić information content (AvgIpc) is 2.95. The molecule has 3 rings (SSSR count). The van der Waals surface area contributed by atoms with Crippen molar-refractivity contribution in [1.29, 1.82) is 5.26 Å². The lowest BCUT2D eigenvalue weighted by atomic mass is 9.79. The predicted molar refractivity (Wildman–Crippen MR) is 81.4 cm³/mol. The molecule has 6 heteroatoms. The number of hydrogen-bond donors (Lipinski definition) is 2. The van der Waals surface area contributed by atoms with Crippen LogP contribution >= 0.6 is 0 Å². The molecule has 1 unspecified atom stereocenters. The predicted octanol–water partition coefficient (Wildman–Crippen LogP) is 3.08. The monoisotopic (exact) mass is 316 g/mol. The first-order chi connectivity index (χ1) is 11.0. The Balaban J connectivity index is 2.41. The Labute approximate surface area is 132 Å². The molecule has 0 spiro atoms. The number of fused-ring (bicyclic) bond motifs is 3. The van der Waals surface area contributed by atoms with E-state index in [2.05, 4.69) is 11.1 Å². The molecule has 0 radical (unpaired) electrons. The van der Waals surface area contributed by atoms with Gasteiger partial charge in [0, 0.05) is 11.3 Å². The van der Waals surface area contributed by atoms with Gasteiger partial charge in [-0.05, 0) is 30.5 Å². The van der Waals surface area contributed by atoms with Gasteiger partial charge in [0.25, 0.3) is 0 Å². The first-order valence-electron chi connectivity index (χ1n) is 7.58. The van der Waals surface area contributed by atoms with Gasteiger partial charge in [-0.1, -0.05) is 13.8 Å². The van der Waals surface area contributed by atoms with E-state index in [1.165, 1.54) is 12.1 Å². The number of nitriles is 1. The van der Waals surface area contributed by atoms with Crippen molar-refractivity contribution in [2.24, 2.45) is 5.92 Å². The van der Waals surface area contributed by atoms with E-state index < -0.39 is 17.4 Å². The number of carboxylic acids is 1. The molecule has 120 valence electrons. The van der Waals surface area contributed by atoms with Gasteiger partial charge < -0.3 is 14.8 Å². The zero-order valence-electron chi connectivity index (χ0n) is 12.9. The smallest absolute Gasteiger partial charge is 0.342 e. The quantitative estimate of drug-likeness (QED) is 0.911. The van der Waals surface area contributed by atoms with Crippen LogP contribution in [0.25, 0.3) is 10.9 Å². The van der Waals surface area contributed by atoms with Crippen molar-refractivity contribution in [3.8, 4) is 6.07 Å². The maximum absolute atomic E-state index is 14.2. The number of nitrogens with zero attached hydrogens (tertiary/aromatic N) is 1. The second kappa shape index (κ2) is 5.36. The van der Waals surface area contributed by atoms with Crippen LogP contribution in [0.4, 0.5) is 4.39 Å². The van der Waals surface area contributed by atoms with Gasteiger partial charge in [-0.15, -0.1) is 0 Å². The Kier molecular flexibility index (Phi) is 3.61. The fourth-order valence-electron chi connectivity index (χ4n) is 3.44. The average molecular weight is 316 g/mol. The van der Waals surface area contributed by atoms with E-state index in [-0.39, 0.29) is 18.0 Å². The molecule has 0 saturated heterocycles. The summed E-state index contributed by atoms with van der Waals surface area (Å²) in [6.07, 6.45) is 1.04. The molecule has 0 aliphatic carbocycles. The fraction of sp³-hybridized carbons (Fsp3) is 0.412. The molecule has 2 aromatic rings. The van der Waals surface area contributed by atoms with Crippen LogP contribution in [0.2, 0.25) is 0 Å². The highest BCUT2D eigenvalue weighted by molar-refractivity contribution is 5.93. The summed E-state index contributed by atoms with van der Waals surface area (Å²) in [6, 6.07) is 4.70. The summed E-state index contributed by atoms with van der Waals surface area (Å²) in [6.45, 7) is 3.91. The van der Waals surface area contributed by atoms with E-state index in [0.29, 0.717) is 35.0 Å². The van der Waals surface area contributed by atoms with Crippen LogP contribution in [0, 0.1) is 23.1 Å². The number of rotatable bonds is 3. The molecule has 2 atom stereocenters. The second-order valence-corrected chi connectivity index (χ2v) is 5.88. The standard InChI is InChI=1S/C17H17FN2O3/c1-3-9(2)17(16(21)22)15-11(6-7-23-17)13-10(8-19)4-5-12(18)14(13)20-15/h4-5,9,20H,3,6-7H2,1-2H3,(H,21,22)/t9?,17-/m1/s1. The summed E-state index contributed by atoms with van der Waals surface area (Å²) in [7, 11) is 0. The van der Waals surface area contributed by atoms with Crippen LogP contribution in [-0.2, 0) is 21.6 Å². The molecule has 1 aliphatic heterocycles. The van der Waals surface area contributed by atoms with Crippen LogP contribution in [0.5, 0.6) is 0 Å². The topological polar surface area (TPSA) is 86.1 Å². The number of benzene rings is 1. The van der Waals surface area contributed by atoms with E-state index in [1.54, 1.807) is 6.92 Å². The zero-order chi connectivity index (χ0) is 16.8. The summed E-state index contributed by atoms with van der Waals surface area (Å²) in [5, 5.41) is 19.6. The largest absolute Gasteiger partial charge is 0.479 e. The van der Waals surface area contributed by atoms with Gasteiger partial charge in [-0.2, -0.15) is 5.26 Å². The summed E-state index contributed by atoms with van der Waals surface area (Å²) in [5.74, 6) is -1.91. The van der Waals surface area contributed by atoms with E-state index in [0.717, 1.165) is 0 Å². The number of halogens is 1. The number of ether oxygens (including phenoxy) is 1. The highest BCUT2D eigenvalue weighted by atomic mass is 19.1. The Morgan fingerprint density at radius 2 is 2.35 bits per heavy atom. The molecular weight excluding hydrogens is 299 g/mol. The number of aliphatic carboxylic acids is 1. The number of H-pyrrole nitrogens is 1. The molecule has 0 amide bonds. The van der Waals surface area contributed by atoms with Crippen molar-refractivity contribution < 1.29 is 19.0 Å². The molecule has 1 aliphatic rings. The van der Waals surface area contributed by atoms with Crippen molar-refractivity contribution in [2.45, 2.75) is 32.3 Å². The molecule has 2 heterocycles. The highest BCUT2D eigenvalue weighted by Crippen LogP contribution is 2.44. The summed E-state index contributed by atoms with van der Waals surface area (Å²) in [4.78, 5) is 15.0. The highest BCUT2D eigenvalue weighted by Gasteiger charge is 2.51. The number of aromatic amines is 1. The van der Waals surface area contributed by atoms with Gasteiger partial charge in [0.05, 0.1) is 29.5 Å². The van der Waals surface area contributed by atoms with E-state index in [4.69, 9.17) is 4.74 Å². The molecular formula is C17H17FN2O3. The van der Waals surface area contributed by atoms with E-state index in [1.807, 2.05) is 6.92 Å². The van der Waals surface area contributed by atoms with Crippen molar-refractivity contribution in [3.63, 3.8) is 0 Å². The minimum absolute atomic E-state index is 0.175. The van der Waals surface area contributed by atoms with Crippen LogP contribution in [0.3, 0.4) is 0 Å². The number of carboxylic acid groups (broad SMARTS) is 1. The van der Waals surface area contributed by atoms with Crippen LogP contribution < -0.4 is 0 Å². The number of hydrogen-bond acceptors (Lipinski definition) is 3. The van der Waals surface area contributed by atoms with Crippen molar-refractivity contribution in [1.82, 2.24) is 4.98 Å². The van der Waals surface area contributed by atoms with Gasteiger partial charge >= 0.3 is 5.97 Å². The maximum atomic E-state index is 14.2. The third kappa shape index (κ3) is 1.97. The molecule has 0 saturated carbocycles. The molecule has 23 heavy (non-hydrogen) atoms. The Bertz CT molecular complexity index is 836. The number of aromatic nitrogens is 1. The van der Waals surface area contributed by atoms with E-state index in [9.17, 15) is 19.6 Å². The van der Waals surface area contributed by atoms with Gasteiger partial charge in [0.2, 0.25) is 5.60 Å². The summed E-state index contributed by atoms with van der Waals surface area (Å²) >= 11 is 0. The lowest BCUT2D eigenvalue weighted by Crippen LogP contribution is -2.48. The number of nitrogens with one attached hydrogen (secondary N) is 1. The lowest BCUT2D eigenvalue weighted by molar-refractivity contribution is -0.179. The first kappa shape index (κ1) is 15.5. The van der Waals surface area contributed by atoms with E-state index >= 15 is 0 Å². The van der Waals surface area contributed by atoms with Crippen LogP contribution in [-0.4, -0.2) is 22.7 Å². The molecule has 0 bridgehead atoms. The Morgan fingerprint density at radius 3 is 2.96 bits per heavy atom. The minimum atomic E-state index is -1.54. The molecule has 2 N–H and O–H groups in total. The zero-order valence-corrected chi connectivity index (χ0v) is 12.9. The maximum Gasteiger partial charge on any atom is 0.342 e. The van der Waals surface area contributed by atoms with Gasteiger partial charge in [0.1, 0.15) is 5.82 Å². The van der Waals surface area contributed by atoms with Crippen molar-refractivity contribution in [3.05, 3.63) is 34.8 Å². The number of carbonyl (C=O) groups is 1.